The summed E-state index contributed by atoms with van der Waals surface area (Å²) in [5.41, 5.74) is 0.257. The lowest BCUT2D eigenvalue weighted by molar-refractivity contribution is -0.119. The maximum atomic E-state index is 13.3. The number of benzene rings is 1. The quantitative estimate of drug-likeness (QED) is 0.828. The predicted molar refractivity (Wildman–Crippen MR) is 60.7 cm³/mol. The molecule has 1 fully saturated rings. The largest absolute Gasteiger partial charge is 0.322 e. The zero-order chi connectivity index (χ0) is 11.5. The molecule has 0 aromatic heterocycles. The van der Waals surface area contributed by atoms with Crippen LogP contribution in [0.3, 0.4) is 0 Å². The minimum atomic E-state index is -0.392. The van der Waals surface area contributed by atoms with Gasteiger partial charge in [0.05, 0.1) is 11.7 Å². The number of hydrogen-bond donors (Lipinski definition) is 1. The Labute approximate surface area is 94.3 Å². The van der Waals surface area contributed by atoms with E-state index in [-0.39, 0.29) is 17.6 Å². The van der Waals surface area contributed by atoms with Crippen LogP contribution in [0.15, 0.2) is 24.3 Å². The van der Waals surface area contributed by atoms with Gasteiger partial charge in [0, 0.05) is 0 Å². The van der Waals surface area contributed by atoms with Crippen LogP contribution in [-0.4, -0.2) is 30.4 Å². The maximum absolute atomic E-state index is 13.3. The molecule has 0 bridgehead atoms. The number of rotatable bonds is 2. The lowest BCUT2D eigenvalue weighted by Gasteiger charge is -2.18. The molecule has 1 amide bonds. The average Bonchev–Trinajstić information content (AvgIpc) is 2.68. The zero-order valence-electron chi connectivity index (χ0n) is 9.24. The molecule has 1 unspecified atom stereocenters. The van der Waals surface area contributed by atoms with E-state index in [1.165, 1.54) is 6.07 Å². The fourth-order valence-corrected chi connectivity index (χ4v) is 2.02. The van der Waals surface area contributed by atoms with Crippen LogP contribution in [0.2, 0.25) is 0 Å². The Balaban J connectivity index is 2.05. The van der Waals surface area contributed by atoms with Crippen molar-refractivity contribution in [1.82, 2.24) is 4.90 Å². The van der Waals surface area contributed by atoms with Gasteiger partial charge in [0.25, 0.3) is 0 Å². The zero-order valence-corrected chi connectivity index (χ0v) is 9.24. The number of anilines is 1. The number of amides is 1. The molecule has 0 spiro atoms. The normalized spacial score (nSPS) is 21.0. The molecule has 0 aliphatic carbocycles. The van der Waals surface area contributed by atoms with Gasteiger partial charge < -0.3 is 5.32 Å². The number of hydrogen-bond acceptors (Lipinski definition) is 2. The first-order valence-electron chi connectivity index (χ1n) is 5.44. The van der Waals surface area contributed by atoms with Gasteiger partial charge in [-0.1, -0.05) is 12.1 Å². The van der Waals surface area contributed by atoms with Gasteiger partial charge in [-0.25, -0.2) is 4.39 Å². The second-order valence-electron chi connectivity index (χ2n) is 4.11. The van der Waals surface area contributed by atoms with Crippen molar-refractivity contribution < 1.29 is 9.18 Å². The molecule has 1 atom stereocenters. The highest BCUT2D eigenvalue weighted by atomic mass is 19.1. The van der Waals surface area contributed by atoms with Crippen LogP contribution in [0.1, 0.15) is 12.8 Å². The van der Waals surface area contributed by atoms with Crippen molar-refractivity contribution in [3.8, 4) is 0 Å². The van der Waals surface area contributed by atoms with Gasteiger partial charge >= 0.3 is 0 Å². The van der Waals surface area contributed by atoms with Crippen molar-refractivity contribution in [2.24, 2.45) is 0 Å². The van der Waals surface area contributed by atoms with Crippen molar-refractivity contribution >= 4 is 11.6 Å². The van der Waals surface area contributed by atoms with E-state index in [1.807, 2.05) is 11.9 Å². The van der Waals surface area contributed by atoms with Gasteiger partial charge in [-0.15, -0.1) is 0 Å². The molecule has 1 saturated heterocycles. The molecule has 1 aliphatic heterocycles. The van der Waals surface area contributed by atoms with Crippen LogP contribution >= 0.6 is 0 Å². The summed E-state index contributed by atoms with van der Waals surface area (Å²) in [6, 6.07) is 6.10. The molecule has 1 N–H and O–H groups in total. The average molecular weight is 222 g/mol. The summed E-state index contributed by atoms with van der Waals surface area (Å²) >= 11 is 0. The first-order chi connectivity index (χ1) is 7.68. The van der Waals surface area contributed by atoms with Crippen LogP contribution < -0.4 is 5.32 Å². The molecular weight excluding hydrogens is 207 g/mol. The van der Waals surface area contributed by atoms with E-state index in [4.69, 9.17) is 0 Å². The molecular formula is C12H15FN2O. The Morgan fingerprint density at radius 1 is 1.50 bits per heavy atom. The molecule has 3 nitrogen and oxygen atoms in total. The van der Waals surface area contributed by atoms with Gasteiger partial charge in [-0.2, -0.15) is 0 Å². The van der Waals surface area contributed by atoms with Gasteiger partial charge in [-0.05, 0) is 38.6 Å². The molecule has 16 heavy (non-hydrogen) atoms. The van der Waals surface area contributed by atoms with E-state index in [0.29, 0.717) is 0 Å². The Bertz CT molecular complexity index is 394. The molecule has 1 aromatic carbocycles. The monoisotopic (exact) mass is 222 g/mol. The highest BCUT2D eigenvalue weighted by Crippen LogP contribution is 2.18. The predicted octanol–water partition coefficient (Wildman–Crippen LogP) is 1.86. The molecule has 1 aromatic rings. The Hall–Kier alpha value is -1.42. The van der Waals surface area contributed by atoms with Gasteiger partial charge in [-0.3, -0.25) is 9.69 Å². The number of carbonyl (C=O) groups is 1. The number of likely N-dealkylation sites (tertiary alicyclic amines) is 1. The lowest BCUT2D eigenvalue weighted by Crippen LogP contribution is -2.37. The summed E-state index contributed by atoms with van der Waals surface area (Å²) in [6.45, 7) is 0.926. The smallest absolute Gasteiger partial charge is 0.241 e. The third-order valence-corrected chi connectivity index (χ3v) is 2.95. The maximum Gasteiger partial charge on any atom is 0.241 e. The Morgan fingerprint density at radius 3 is 2.88 bits per heavy atom. The van der Waals surface area contributed by atoms with Crippen LogP contribution in [0.5, 0.6) is 0 Å². The summed E-state index contributed by atoms with van der Waals surface area (Å²) in [6.07, 6.45) is 1.86. The second-order valence-corrected chi connectivity index (χ2v) is 4.11. The summed E-state index contributed by atoms with van der Waals surface area (Å²) in [7, 11) is 1.92. The molecule has 0 saturated carbocycles. The molecule has 1 aliphatic rings. The fourth-order valence-electron chi connectivity index (χ4n) is 2.02. The molecule has 2 rings (SSSR count). The first kappa shape index (κ1) is 11.1. The third-order valence-electron chi connectivity index (χ3n) is 2.95. The lowest BCUT2D eigenvalue weighted by atomic mass is 10.2. The molecule has 1 heterocycles. The van der Waals surface area contributed by atoms with Gasteiger partial charge in [0.2, 0.25) is 5.91 Å². The van der Waals surface area contributed by atoms with Crippen molar-refractivity contribution in [2.75, 3.05) is 18.9 Å². The van der Waals surface area contributed by atoms with E-state index in [2.05, 4.69) is 5.32 Å². The summed E-state index contributed by atoms with van der Waals surface area (Å²) in [5.74, 6) is -0.512. The van der Waals surface area contributed by atoms with Crippen molar-refractivity contribution in [1.29, 1.82) is 0 Å². The standard InChI is InChI=1S/C12H15FN2O/c1-15-8-4-7-11(15)12(16)14-10-6-3-2-5-9(10)13/h2-3,5-6,11H,4,7-8H2,1H3,(H,14,16). The second kappa shape index (κ2) is 4.61. The highest BCUT2D eigenvalue weighted by Gasteiger charge is 2.27. The van der Waals surface area contributed by atoms with Crippen LogP contribution in [0, 0.1) is 5.82 Å². The van der Waals surface area contributed by atoms with E-state index in [1.54, 1.807) is 18.2 Å². The minimum absolute atomic E-state index is 0.120. The third kappa shape index (κ3) is 2.22. The summed E-state index contributed by atoms with van der Waals surface area (Å²) in [5, 5.41) is 2.63. The summed E-state index contributed by atoms with van der Waals surface area (Å²) in [4.78, 5) is 13.9. The molecule has 86 valence electrons. The number of halogens is 1. The van der Waals surface area contributed by atoms with E-state index in [0.717, 1.165) is 19.4 Å². The minimum Gasteiger partial charge on any atom is -0.322 e. The van der Waals surface area contributed by atoms with Gasteiger partial charge in [0.1, 0.15) is 5.82 Å². The van der Waals surface area contributed by atoms with Crippen molar-refractivity contribution in [2.45, 2.75) is 18.9 Å². The number of nitrogens with zero attached hydrogens (tertiary/aromatic N) is 1. The van der Waals surface area contributed by atoms with E-state index in [9.17, 15) is 9.18 Å². The first-order valence-corrected chi connectivity index (χ1v) is 5.44. The highest BCUT2D eigenvalue weighted by molar-refractivity contribution is 5.95. The van der Waals surface area contributed by atoms with Crippen molar-refractivity contribution in [3.05, 3.63) is 30.1 Å². The van der Waals surface area contributed by atoms with E-state index >= 15 is 0 Å². The van der Waals surface area contributed by atoms with Crippen molar-refractivity contribution in [3.63, 3.8) is 0 Å². The Morgan fingerprint density at radius 2 is 2.25 bits per heavy atom. The number of carbonyl (C=O) groups excluding carboxylic acids is 1. The Kier molecular flexibility index (Phi) is 3.19. The molecule has 0 radical (unpaired) electrons. The van der Waals surface area contributed by atoms with Crippen LogP contribution in [-0.2, 0) is 4.79 Å². The van der Waals surface area contributed by atoms with Crippen LogP contribution in [0.25, 0.3) is 0 Å². The topological polar surface area (TPSA) is 32.3 Å². The fraction of sp³-hybridized carbons (Fsp3) is 0.417. The number of nitrogens with one attached hydrogen (secondary N) is 1. The molecule has 4 heteroatoms. The van der Waals surface area contributed by atoms with Crippen LogP contribution in [0.4, 0.5) is 10.1 Å². The van der Waals surface area contributed by atoms with Gasteiger partial charge in [0.15, 0.2) is 0 Å². The number of para-hydroxylation sites is 1. The van der Waals surface area contributed by atoms with E-state index < -0.39 is 5.82 Å². The number of likely N-dealkylation sites (N-methyl/N-ethyl adjacent to an activating group) is 1. The SMILES string of the molecule is CN1CCCC1C(=O)Nc1ccccc1F. The summed E-state index contributed by atoms with van der Waals surface area (Å²) < 4.78 is 13.3.